The number of aromatic nitrogens is 7. The van der Waals surface area contributed by atoms with E-state index in [9.17, 15) is 4.79 Å². The molecule has 9 nitrogen and oxygen atoms in total. The summed E-state index contributed by atoms with van der Waals surface area (Å²) in [5.74, 6) is 0.243. The first-order valence-corrected chi connectivity index (χ1v) is 12.0. The first-order chi connectivity index (χ1) is 18.0. The second-order valence-corrected chi connectivity index (χ2v) is 9.32. The van der Waals surface area contributed by atoms with Crippen LogP contribution >= 0.6 is 0 Å². The molecule has 0 atom stereocenters. The molecular weight excluding hydrogens is 464 g/mol. The van der Waals surface area contributed by atoms with Crippen molar-refractivity contribution in [2.45, 2.75) is 20.3 Å². The Kier molecular flexibility index (Phi) is 5.65. The van der Waals surface area contributed by atoms with E-state index in [4.69, 9.17) is 4.98 Å². The highest BCUT2D eigenvalue weighted by atomic mass is 16.1. The summed E-state index contributed by atoms with van der Waals surface area (Å²) < 4.78 is 0. The summed E-state index contributed by atoms with van der Waals surface area (Å²) in [4.78, 5) is 33.6. The lowest BCUT2D eigenvalue weighted by Crippen LogP contribution is -2.13. The fourth-order valence-electron chi connectivity index (χ4n) is 4.41. The average molecular weight is 489 g/mol. The Hall–Kier alpha value is -4.92. The Morgan fingerprint density at radius 1 is 1.00 bits per heavy atom. The summed E-state index contributed by atoms with van der Waals surface area (Å²) in [7, 11) is 0. The number of rotatable bonds is 6. The first-order valence-electron chi connectivity index (χ1n) is 12.0. The van der Waals surface area contributed by atoms with Crippen molar-refractivity contribution in [2.75, 3.05) is 5.32 Å². The van der Waals surface area contributed by atoms with Gasteiger partial charge in [-0.2, -0.15) is 5.10 Å². The van der Waals surface area contributed by atoms with E-state index in [1.54, 1.807) is 24.8 Å². The minimum absolute atomic E-state index is 0.0347. The molecule has 0 unspecified atom stereocenters. The van der Waals surface area contributed by atoms with Crippen molar-refractivity contribution in [1.29, 1.82) is 0 Å². The van der Waals surface area contributed by atoms with Gasteiger partial charge in [-0.15, -0.1) is 0 Å². The second-order valence-electron chi connectivity index (χ2n) is 9.32. The largest absolute Gasteiger partial charge is 0.338 e. The lowest BCUT2D eigenvalue weighted by atomic mass is 10.1. The molecule has 0 saturated carbocycles. The third-order valence-corrected chi connectivity index (χ3v) is 6.08. The van der Waals surface area contributed by atoms with E-state index in [0.29, 0.717) is 17.8 Å². The van der Waals surface area contributed by atoms with Crippen LogP contribution < -0.4 is 5.32 Å². The Balaban J connectivity index is 1.38. The van der Waals surface area contributed by atoms with Gasteiger partial charge in [-0.3, -0.25) is 19.9 Å². The average Bonchev–Trinajstić information content (AvgIpc) is 3.52. The maximum absolute atomic E-state index is 12.2. The maximum atomic E-state index is 12.2. The fraction of sp³-hybridized carbons (Fsp3) is 0.143. The molecule has 0 spiro atoms. The molecule has 37 heavy (non-hydrogen) atoms. The number of H-pyrrole nitrogens is 2. The van der Waals surface area contributed by atoms with Crippen molar-refractivity contribution >= 4 is 33.7 Å². The highest BCUT2D eigenvalue weighted by Crippen LogP contribution is 2.33. The van der Waals surface area contributed by atoms with Crippen molar-refractivity contribution < 1.29 is 4.79 Å². The highest BCUT2D eigenvalue weighted by Gasteiger charge is 2.16. The molecule has 0 radical (unpaired) electrons. The summed E-state index contributed by atoms with van der Waals surface area (Å²) in [5.41, 5.74) is 8.02. The highest BCUT2D eigenvalue weighted by molar-refractivity contribution is 5.99. The van der Waals surface area contributed by atoms with Crippen LogP contribution in [-0.4, -0.2) is 41.0 Å². The molecule has 0 aliphatic rings. The molecule has 0 bridgehead atoms. The van der Waals surface area contributed by atoms with Crippen molar-refractivity contribution in [1.82, 2.24) is 35.1 Å². The van der Waals surface area contributed by atoms with Crippen molar-refractivity contribution in [3.8, 4) is 33.8 Å². The summed E-state index contributed by atoms with van der Waals surface area (Å²) in [6.07, 6.45) is 9.21. The zero-order valence-corrected chi connectivity index (χ0v) is 20.4. The number of hydrogen-bond donors (Lipinski definition) is 3. The number of carbonyl (C=O) groups excluding carboxylic acids is 1. The van der Waals surface area contributed by atoms with Gasteiger partial charge in [0, 0.05) is 47.7 Å². The van der Waals surface area contributed by atoms with Gasteiger partial charge in [-0.05, 0) is 47.9 Å². The van der Waals surface area contributed by atoms with Gasteiger partial charge < -0.3 is 10.3 Å². The van der Waals surface area contributed by atoms with Crippen LogP contribution in [0.25, 0.3) is 55.8 Å². The second kappa shape index (κ2) is 9.27. The number of pyridine rings is 4. The number of anilines is 1. The normalized spacial score (nSPS) is 11.4. The number of fused-ring (bicyclic) bond motifs is 2. The molecular formula is C28H24N8O. The summed E-state index contributed by atoms with van der Waals surface area (Å²) in [6, 6.07) is 13.7. The lowest BCUT2D eigenvalue weighted by Gasteiger charge is -2.08. The van der Waals surface area contributed by atoms with Gasteiger partial charge in [0.05, 0.1) is 28.8 Å². The summed E-state index contributed by atoms with van der Waals surface area (Å²) in [5, 5.41) is 11.5. The van der Waals surface area contributed by atoms with E-state index >= 15 is 0 Å². The molecule has 182 valence electrons. The van der Waals surface area contributed by atoms with Crippen LogP contribution in [0.3, 0.4) is 0 Å². The number of amides is 1. The molecule has 0 fully saturated rings. The van der Waals surface area contributed by atoms with Gasteiger partial charge in [0.25, 0.3) is 0 Å². The van der Waals surface area contributed by atoms with Crippen molar-refractivity contribution in [3.05, 3.63) is 73.4 Å². The smallest absolute Gasteiger partial charge is 0.224 e. The zero-order valence-electron chi connectivity index (χ0n) is 20.4. The van der Waals surface area contributed by atoms with E-state index in [1.165, 1.54) is 0 Å². The minimum atomic E-state index is -0.0347. The number of hydrogen-bond acceptors (Lipinski definition) is 6. The van der Waals surface area contributed by atoms with Gasteiger partial charge in [0.1, 0.15) is 16.9 Å². The molecule has 6 aromatic rings. The van der Waals surface area contributed by atoms with Gasteiger partial charge in [0.2, 0.25) is 5.91 Å². The van der Waals surface area contributed by atoms with Crippen molar-refractivity contribution in [3.63, 3.8) is 0 Å². The minimum Gasteiger partial charge on any atom is -0.338 e. The molecule has 0 aromatic carbocycles. The number of carbonyl (C=O) groups is 1. The molecule has 0 aliphatic heterocycles. The molecule has 0 aliphatic carbocycles. The van der Waals surface area contributed by atoms with Crippen LogP contribution in [0.15, 0.2) is 73.4 Å². The molecule has 6 aromatic heterocycles. The Morgan fingerprint density at radius 2 is 1.89 bits per heavy atom. The molecule has 0 saturated heterocycles. The number of aromatic amines is 2. The third-order valence-electron chi connectivity index (χ3n) is 6.08. The Morgan fingerprint density at radius 3 is 2.73 bits per heavy atom. The number of nitrogens with zero attached hydrogens (tertiary/aromatic N) is 5. The maximum Gasteiger partial charge on any atom is 0.224 e. The summed E-state index contributed by atoms with van der Waals surface area (Å²) in [6.45, 7) is 4.03. The quantitative estimate of drug-likeness (QED) is 0.280. The molecule has 6 rings (SSSR count). The van der Waals surface area contributed by atoms with Crippen LogP contribution in [0.2, 0.25) is 0 Å². The van der Waals surface area contributed by atoms with Gasteiger partial charge in [-0.25, -0.2) is 9.97 Å². The third kappa shape index (κ3) is 4.42. The fourth-order valence-corrected chi connectivity index (χ4v) is 4.41. The van der Waals surface area contributed by atoms with Crippen LogP contribution in [0, 0.1) is 5.92 Å². The lowest BCUT2D eigenvalue weighted by molar-refractivity contribution is -0.116. The predicted octanol–water partition coefficient (Wildman–Crippen LogP) is 5.61. The first kappa shape index (κ1) is 22.5. The Labute approximate surface area is 212 Å². The molecule has 6 heterocycles. The van der Waals surface area contributed by atoms with E-state index in [2.05, 4.69) is 35.5 Å². The van der Waals surface area contributed by atoms with Crippen LogP contribution in [-0.2, 0) is 4.79 Å². The van der Waals surface area contributed by atoms with Crippen LogP contribution in [0.5, 0.6) is 0 Å². The van der Waals surface area contributed by atoms with E-state index < -0.39 is 0 Å². The van der Waals surface area contributed by atoms with Crippen LogP contribution in [0.4, 0.5) is 5.69 Å². The Bertz CT molecular complexity index is 1740. The molecule has 9 heteroatoms. The number of nitrogens with one attached hydrogen (secondary N) is 3. The van der Waals surface area contributed by atoms with Crippen molar-refractivity contribution in [2.24, 2.45) is 5.92 Å². The van der Waals surface area contributed by atoms with Crippen LogP contribution in [0.1, 0.15) is 20.3 Å². The van der Waals surface area contributed by atoms with Gasteiger partial charge in [0.15, 0.2) is 0 Å². The van der Waals surface area contributed by atoms with E-state index in [1.807, 2.05) is 62.5 Å². The zero-order chi connectivity index (χ0) is 25.4. The van der Waals surface area contributed by atoms with Gasteiger partial charge >= 0.3 is 0 Å². The van der Waals surface area contributed by atoms with Gasteiger partial charge in [-0.1, -0.05) is 19.9 Å². The standard InChI is InChI=1S/C28H24N8O/c1-16(2)10-25(37)32-19-11-18(14-30-15-19)22-5-6-23-26(33-22)27(36-35-23)24-12-21-20(7-9-31-28(21)34-24)17-4-3-8-29-13-17/h3-9,11-16H,10H2,1-2H3,(H,31,34)(H,32,37)(H,35,36). The van der Waals surface area contributed by atoms with E-state index in [-0.39, 0.29) is 11.8 Å². The molecule has 3 N–H and O–H groups in total. The van der Waals surface area contributed by atoms with E-state index in [0.717, 1.165) is 50.1 Å². The predicted molar refractivity (Wildman–Crippen MR) is 144 cm³/mol. The summed E-state index contributed by atoms with van der Waals surface area (Å²) >= 11 is 0. The topological polar surface area (TPSA) is 125 Å². The molecule has 1 amide bonds. The monoisotopic (exact) mass is 488 g/mol. The SMILES string of the molecule is CC(C)CC(=O)Nc1cncc(-c2ccc3[nH]nc(-c4cc5c(-c6cccnc6)ccnc5[nH]4)c3n2)c1.